The molecule has 0 radical (unpaired) electrons. The fourth-order valence-electron chi connectivity index (χ4n) is 0.987. The van der Waals surface area contributed by atoms with Gasteiger partial charge in [0.15, 0.2) is 0 Å². The third-order valence-corrected chi connectivity index (χ3v) is 3.16. The maximum Gasteiger partial charge on any atom is 1.00 e. The number of rotatable bonds is 3. The molecule has 0 amide bonds. The van der Waals surface area contributed by atoms with Crippen LogP contribution in [0.4, 0.5) is 4.39 Å². The molecule has 0 spiro atoms. The van der Waals surface area contributed by atoms with E-state index in [4.69, 9.17) is 0 Å². The Morgan fingerprint density at radius 1 is 1.27 bits per heavy atom. The van der Waals surface area contributed by atoms with E-state index >= 15 is 0 Å². The number of carbonyl (C=O) groups is 1. The molecule has 1 aromatic rings. The van der Waals surface area contributed by atoms with Crippen molar-refractivity contribution in [1.29, 1.82) is 0 Å². The number of hydrogen-bond donors (Lipinski definition) is 0. The van der Waals surface area contributed by atoms with Crippen LogP contribution in [0.2, 0.25) is 0 Å². The summed E-state index contributed by atoms with van der Waals surface area (Å²) in [4.78, 5) is 11.3. The van der Waals surface area contributed by atoms with Crippen molar-refractivity contribution in [1.82, 2.24) is 0 Å². The van der Waals surface area contributed by atoms with E-state index in [0.29, 0.717) is 9.79 Å². The number of aromatic carboxylic acids is 1. The topological polar surface area (TPSA) is 40.1 Å². The van der Waals surface area contributed by atoms with E-state index in [1.54, 1.807) is 12.5 Å². The molecule has 1 aromatic carbocycles. The van der Waals surface area contributed by atoms with E-state index in [0.717, 1.165) is 0 Å². The van der Waals surface area contributed by atoms with Gasteiger partial charge in [0.05, 0.1) is 5.97 Å². The van der Waals surface area contributed by atoms with Gasteiger partial charge >= 0.3 is 18.9 Å². The number of halogens is 1. The smallest absolute Gasteiger partial charge is 0.545 e. The predicted molar refractivity (Wildman–Crippen MR) is 54.3 cm³/mol. The van der Waals surface area contributed by atoms with E-state index in [2.05, 4.69) is 0 Å². The van der Waals surface area contributed by atoms with Gasteiger partial charge in [0.1, 0.15) is 5.82 Å². The summed E-state index contributed by atoms with van der Waals surface area (Å²) in [6, 6.07) is 2.57. The summed E-state index contributed by atoms with van der Waals surface area (Å²) in [5.74, 6) is -1.65. The minimum atomic E-state index is -1.28. The molecule has 0 bridgehead atoms. The van der Waals surface area contributed by atoms with Gasteiger partial charge in [-0.2, -0.15) is 0 Å². The van der Waals surface area contributed by atoms with Gasteiger partial charge in [-0.15, -0.1) is 23.5 Å². The molecule has 0 fully saturated rings. The van der Waals surface area contributed by atoms with Gasteiger partial charge < -0.3 is 9.90 Å². The summed E-state index contributed by atoms with van der Waals surface area (Å²) in [6.07, 6.45) is 3.39. The van der Waals surface area contributed by atoms with Crippen LogP contribution in [0.1, 0.15) is 10.4 Å². The zero-order chi connectivity index (χ0) is 10.7. The number of hydrogen-bond acceptors (Lipinski definition) is 4. The van der Waals surface area contributed by atoms with Gasteiger partial charge in [0, 0.05) is 9.79 Å². The van der Waals surface area contributed by atoms with Crippen LogP contribution in [-0.4, -0.2) is 18.5 Å². The first-order valence-electron chi connectivity index (χ1n) is 3.73. The zero-order valence-electron chi connectivity index (χ0n) is 8.67. The van der Waals surface area contributed by atoms with Crippen LogP contribution in [0.25, 0.3) is 0 Å². The van der Waals surface area contributed by atoms with E-state index in [1.165, 1.54) is 35.7 Å². The largest absolute Gasteiger partial charge is 1.00 e. The van der Waals surface area contributed by atoms with E-state index < -0.39 is 5.97 Å². The van der Waals surface area contributed by atoms with Gasteiger partial charge in [-0.25, -0.2) is 4.39 Å². The van der Waals surface area contributed by atoms with Crippen molar-refractivity contribution in [2.75, 3.05) is 12.5 Å². The average Bonchev–Trinajstić information content (AvgIpc) is 2.17. The molecule has 76 valence electrons. The Morgan fingerprint density at radius 3 is 1.93 bits per heavy atom. The molecule has 0 aliphatic rings. The van der Waals surface area contributed by atoms with Crippen LogP contribution in [0.3, 0.4) is 0 Å². The number of benzene rings is 1. The zero-order valence-corrected chi connectivity index (χ0v) is 10.3. The number of carboxylic acid groups (broad SMARTS) is 1. The van der Waals surface area contributed by atoms with Crippen molar-refractivity contribution in [2.45, 2.75) is 9.79 Å². The third-order valence-electron chi connectivity index (χ3n) is 1.68. The van der Waals surface area contributed by atoms with Crippen LogP contribution in [-0.2, 0) is 0 Å². The Balaban J connectivity index is 0.00000196. The molecular weight excluding hydrogens is 230 g/mol. The van der Waals surface area contributed by atoms with Crippen LogP contribution in [0.5, 0.6) is 0 Å². The second-order valence-corrected chi connectivity index (χ2v) is 4.18. The Hall–Kier alpha value is -0.0826. The minimum absolute atomic E-state index is 0. The maximum absolute atomic E-state index is 13.5. The van der Waals surface area contributed by atoms with Crippen molar-refractivity contribution >= 4 is 29.5 Å². The van der Waals surface area contributed by atoms with Gasteiger partial charge in [-0.3, -0.25) is 0 Å². The summed E-state index contributed by atoms with van der Waals surface area (Å²) in [5.41, 5.74) is 0.0140. The van der Waals surface area contributed by atoms with E-state index in [9.17, 15) is 14.3 Å². The molecule has 0 unspecified atom stereocenters. The molecule has 0 saturated carbocycles. The second kappa shape index (κ2) is 6.49. The fourth-order valence-corrected chi connectivity index (χ4v) is 2.12. The van der Waals surface area contributed by atoms with Gasteiger partial charge in [-0.1, -0.05) is 0 Å². The molecule has 15 heavy (non-hydrogen) atoms. The van der Waals surface area contributed by atoms with E-state index in [1.807, 2.05) is 0 Å². The summed E-state index contributed by atoms with van der Waals surface area (Å²) < 4.78 is 13.5. The quantitative estimate of drug-likeness (QED) is 0.481. The summed E-state index contributed by atoms with van der Waals surface area (Å²) in [5, 5.41) is 10.6. The van der Waals surface area contributed by atoms with E-state index in [-0.39, 0.29) is 30.2 Å². The van der Waals surface area contributed by atoms with Crippen molar-refractivity contribution in [3.63, 3.8) is 0 Å². The first-order chi connectivity index (χ1) is 6.60. The van der Waals surface area contributed by atoms with Crippen molar-refractivity contribution in [3.05, 3.63) is 23.5 Å². The normalized spacial score (nSPS) is 9.53. The molecule has 1 rings (SSSR count). The van der Waals surface area contributed by atoms with Crippen LogP contribution >= 0.6 is 23.5 Å². The third kappa shape index (κ3) is 3.46. The summed E-state index contributed by atoms with van der Waals surface area (Å²) in [7, 11) is 0. The molecule has 0 atom stereocenters. The molecule has 0 saturated heterocycles. The van der Waals surface area contributed by atoms with Crippen LogP contribution in [0, 0.1) is 5.82 Å². The molecular formula is C9H8FLiO2S2. The molecule has 2 nitrogen and oxygen atoms in total. The Morgan fingerprint density at radius 2 is 1.67 bits per heavy atom. The second-order valence-electron chi connectivity index (χ2n) is 2.48. The van der Waals surface area contributed by atoms with Crippen molar-refractivity contribution < 1.29 is 33.2 Å². The Kier molecular flexibility index (Phi) is 6.45. The first-order valence-corrected chi connectivity index (χ1v) is 6.18. The monoisotopic (exact) mass is 238 g/mol. The van der Waals surface area contributed by atoms with Gasteiger partial charge in [0.25, 0.3) is 0 Å². The minimum Gasteiger partial charge on any atom is -0.545 e. The Bertz CT molecular complexity index is 346. The molecule has 0 aliphatic heterocycles. The predicted octanol–water partition coefficient (Wildman–Crippen LogP) is -1.36. The first kappa shape index (κ1) is 14.9. The number of carboxylic acids is 1. The van der Waals surface area contributed by atoms with Crippen molar-refractivity contribution in [3.8, 4) is 0 Å². The average molecular weight is 238 g/mol. The summed E-state index contributed by atoms with van der Waals surface area (Å²) in [6.45, 7) is 0. The van der Waals surface area contributed by atoms with Crippen molar-refractivity contribution in [2.24, 2.45) is 0 Å². The number of thioether (sulfide) groups is 2. The summed E-state index contributed by atoms with van der Waals surface area (Å²) >= 11 is 2.35. The SMILES string of the molecule is CSc1cc(C(=O)[O-])cc(SC)c1F.[Li+]. The number of carbonyl (C=O) groups excluding carboxylic acids is 1. The molecule has 6 heteroatoms. The van der Waals surface area contributed by atoms with Crippen LogP contribution < -0.4 is 24.0 Å². The molecule has 0 N–H and O–H groups in total. The Labute approximate surface area is 108 Å². The van der Waals surface area contributed by atoms with Gasteiger partial charge in [0.2, 0.25) is 0 Å². The maximum atomic E-state index is 13.5. The molecule has 0 heterocycles. The standard InChI is InChI=1S/C9H9FO2S2.Li/c1-13-6-3-5(9(11)12)4-7(14-2)8(6)10;/h3-4H,1-2H3,(H,11,12);/q;+1/p-1. The molecule has 0 aliphatic carbocycles. The van der Waals surface area contributed by atoms with Gasteiger partial charge in [-0.05, 0) is 30.2 Å². The fraction of sp³-hybridized carbons (Fsp3) is 0.222. The van der Waals surface area contributed by atoms with Crippen LogP contribution in [0.15, 0.2) is 21.9 Å². The molecule has 0 aromatic heterocycles.